The monoisotopic (exact) mass is 320 g/mol. The number of hydrogen-bond donors (Lipinski definition) is 1. The summed E-state index contributed by atoms with van der Waals surface area (Å²) in [5, 5.41) is 2.99. The van der Waals surface area contributed by atoms with Gasteiger partial charge in [0.15, 0.2) is 0 Å². The van der Waals surface area contributed by atoms with Gasteiger partial charge in [-0.15, -0.1) is 0 Å². The molecule has 0 radical (unpaired) electrons. The maximum atomic E-state index is 12.6. The molecule has 1 saturated heterocycles. The van der Waals surface area contributed by atoms with Crippen molar-refractivity contribution in [1.29, 1.82) is 0 Å². The lowest BCUT2D eigenvalue weighted by Crippen LogP contribution is -2.46. The Balaban J connectivity index is 1.86. The van der Waals surface area contributed by atoms with Crippen molar-refractivity contribution < 1.29 is 19.1 Å². The van der Waals surface area contributed by atoms with Crippen molar-refractivity contribution in [2.75, 3.05) is 33.9 Å². The Hall–Kier alpha value is -2.08. The molecule has 6 nitrogen and oxygen atoms in total. The molecule has 1 N–H and O–H groups in total. The van der Waals surface area contributed by atoms with E-state index in [1.165, 1.54) is 0 Å². The molecule has 0 atom stereocenters. The van der Waals surface area contributed by atoms with Gasteiger partial charge in [0, 0.05) is 32.7 Å². The van der Waals surface area contributed by atoms with E-state index in [9.17, 15) is 9.59 Å². The summed E-state index contributed by atoms with van der Waals surface area (Å²) >= 11 is 0. The molecule has 0 saturated carbocycles. The Morgan fingerprint density at radius 1 is 1.22 bits per heavy atom. The summed E-state index contributed by atoms with van der Waals surface area (Å²) in [6.07, 6.45) is 1.90. The zero-order valence-corrected chi connectivity index (χ0v) is 13.7. The molecule has 1 aromatic carbocycles. The van der Waals surface area contributed by atoms with Crippen molar-refractivity contribution in [2.24, 2.45) is 0 Å². The summed E-state index contributed by atoms with van der Waals surface area (Å²) in [7, 11) is 3.14. The number of likely N-dealkylation sites (tertiary alicyclic amines) is 1. The van der Waals surface area contributed by atoms with Gasteiger partial charge in [-0.1, -0.05) is 12.1 Å². The summed E-state index contributed by atoms with van der Waals surface area (Å²) in [4.78, 5) is 26.1. The summed E-state index contributed by atoms with van der Waals surface area (Å²) < 4.78 is 10.1. The molecule has 1 aliphatic heterocycles. The van der Waals surface area contributed by atoms with Gasteiger partial charge in [-0.2, -0.15) is 0 Å². The largest absolute Gasteiger partial charge is 0.496 e. The number of carbonyl (C=O) groups excluding carboxylic acids is 2. The van der Waals surface area contributed by atoms with Crippen molar-refractivity contribution in [3.63, 3.8) is 0 Å². The second kappa shape index (κ2) is 8.53. The maximum absolute atomic E-state index is 12.6. The average Bonchev–Trinajstić information content (AvgIpc) is 2.60. The summed E-state index contributed by atoms with van der Waals surface area (Å²) in [5.74, 6) is 0.570. The van der Waals surface area contributed by atoms with Crippen LogP contribution in [0.3, 0.4) is 0 Å². The molecule has 2 amide bonds. The molecular formula is C17H24N2O4. The first-order valence-corrected chi connectivity index (χ1v) is 7.86. The maximum Gasteiger partial charge on any atom is 0.257 e. The molecular weight excluding hydrogens is 296 g/mol. The average molecular weight is 320 g/mol. The Kier molecular flexibility index (Phi) is 6.40. The molecule has 23 heavy (non-hydrogen) atoms. The molecule has 0 aromatic heterocycles. The topological polar surface area (TPSA) is 67.9 Å². The number of para-hydroxylation sites is 1. The zero-order valence-electron chi connectivity index (χ0n) is 13.7. The van der Waals surface area contributed by atoms with E-state index in [1.54, 1.807) is 26.4 Å². The number of ether oxygens (including phenoxy) is 2. The SMILES string of the molecule is COCCC(=O)NC1CCN(C(=O)c2ccccc2OC)CC1. The van der Waals surface area contributed by atoms with Gasteiger partial charge < -0.3 is 19.7 Å². The Morgan fingerprint density at radius 2 is 1.91 bits per heavy atom. The van der Waals surface area contributed by atoms with Gasteiger partial charge in [-0.3, -0.25) is 9.59 Å². The fraction of sp³-hybridized carbons (Fsp3) is 0.529. The highest BCUT2D eigenvalue weighted by molar-refractivity contribution is 5.97. The van der Waals surface area contributed by atoms with E-state index < -0.39 is 0 Å². The van der Waals surface area contributed by atoms with Crippen LogP contribution in [0, 0.1) is 0 Å². The minimum Gasteiger partial charge on any atom is -0.496 e. The van der Waals surface area contributed by atoms with Crippen molar-refractivity contribution >= 4 is 11.8 Å². The molecule has 1 aromatic rings. The quantitative estimate of drug-likeness (QED) is 0.861. The Labute approximate surface area is 136 Å². The zero-order chi connectivity index (χ0) is 16.7. The van der Waals surface area contributed by atoms with Crippen molar-refractivity contribution in [1.82, 2.24) is 10.2 Å². The normalized spacial score (nSPS) is 15.3. The first kappa shape index (κ1) is 17.3. The van der Waals surface area contributed by atoms with Crippen LogP contribution in [0.25, 0.3) is 0 Å². The Bertz CT molecular complexity index is 539. The molecule has 0 spiro atoms. The van der Waals surface area contributed by atoms with Crippen molar-refractivity contribution in [3.05, 3.63) is 29.8 Å². The summed E-state index contributed by atoms with van der Waals surface area (Å²) in [5.41, 5.74) is 0.581. The third-order valence-corrected chi connectivity index (χ3v) is 4.02. The van der Waals surface area contributed by atoms with E-state index in [-0.39, 0.29) is 17.9 Å². The first-order valence-electron chi connectivity index (χ1n) is 7.86. The smallest absolute Gasteiger partial charge is 0.257 e. The van der Waals surface area contributed by atoms with Crippen LogP contribution in [0.5, 0.6) is 5.75 Å². The van der Waals surface area contributed by atoms with Gasteiger partial charge in [-0.25, -0.2) is 0 Å². The standard InChI is InChI=1S/C17H24N2O4/c1-22-12-9-16(20)18-13-7-10-19(11-8-13)17(21)14-5-3-4-6-15(14)23-2/h3-6,13H,7-12H2,1-2H3,(H,18,20). The fourth-order valence-electron chi connectivity index (χ4n) is 2.71. The first-order chi connectivity index (χ1) is 11.2. The van der Waals surface area contributed by atoms with Crippen LogP contribution in [0.15, 0.2) is 24.3 Å². The lowest BCUT2D eigenvalue weighted by molar-refractivity contribution is -0.122. The number of benzene rings is 1. The van der Waals surface area contributed by atoms with Crippen LogP contribution in [0.2, 0.25) is 0 Å². The van der Waals surface area contributed by atoms with Gasteiger partial charge in [0.25, 0.3) is 5.91 Å². The fourth-order valence-corrected chi connectivity index (χ4v) is 2.71. The highest BCUT2D eigenvalue weighted by Crippen LogP contribution is 2.21. The second-order valence-electron chi connectivity index (χ2n) is 5.58. The van der Waals surface area contributed by atoms with Gasteiger partial charge in [-0.05, 0) is 25.0 Å². The molecule has 0 aliphatic carbocycles. The lowest BCUT2D eigenvalue weighted by atomic mass is 10.0. The Morgan fingerprint density at radius 3 is 2.57 bits per heavy atom. The number of methoxy groups -OCH3 is 2. The van der Waals surface area contributed by atoms with Crippen LogP contribution in [-0.4, -0.2) is 56.7 Å². The molecule has 126 valence electrons. The van der Waals surface area contributed by atoms with E-state index in [2.05, 4.69) is 5.32 Å². The number of rotatable bonds is 6. The number of amides is 2. The predicted octanol–water partition coefficient (Wildman–Crippen LogP) is 1.45. The van der Waals surface area contributed by atoms with E-state index in [0.717, 1.165) is 12.8 Å². The van der Waals surface area contributed by atoms with Crippen molar-refractivity contribution in [2.45, 2.75) is 25.3 Å². The molecule has 2 rings (SSSR count). The molecule has 1 heterocycles. The molecule has 6 heteroatoms. The number of nitrogens with one attached hydrogen (secondary N) is 1. The highest BCUT2D eigenvalue weighted by Gasteiger charge is 2.25. The van der Waals surface area contributed by atoms with Gasteiger partial charge in [0.1, 0.15) is 5.75 Å². The van der Waals surface area contributed by atoms with Crippen LogP contribution in [0.1, 0.15) is 29.6 Å². The van der Waals surface area contributed by atoms with Crippen LogP contribution in [-0.2, 0) is 9.53 Å². The summed E-state index contributed by atoms with van der Waals surface area (Å²) in [6, 6.07) is 7.37. The van der Waals surface area contributed by atoms with Gasteiger partial charge >= 0.3 is 0 Å². The molecule has 1 aliphatic rings. The minimum atomic E-state index is -0.0217. The number of nitrogens with zero attached hydrogens (tertiary/aromatic N) is 1. The van der Waals surface area contributed by atoms with Gasteiger partial charge in [0.2, 0.25) is 5.91 Å². The third kappa shape index (κ3) is 4.69. The number of carbonyl (C=O) groups is 2. The van der Waals surface area contributed by atoms with E-state index >= 15 is 0 Å². The highest BCUT2D eigenvalue weighted by atomic mass is 16.5. The van der Waals surface area contributed by atoms with E-state index in [1.807, 2.05) is 17.0 Å². The van der Waals surface area contributed by atoms with Crippen LogP contribution >= 0.6 is 0 Å². The predicted molar refractivity (Wildman–Crippen MR) is 86.6 cm³/mol. The van der Waals surface area contributed by atoms with Gasteiger partial charge in [0.05, 0.1) is 19.3 Å². The number of piperidine rings is 1. The summed E-state index contributed by atoms with van der Waals surface area (Å²) in [6.45, 7) is 1.69. The van der Waals surface area contributed by atoms with Crippen LogP contribution in [0.4, 0.5) is 0 Å². The van der Waals surface area contributed by atoms with Crippen LogP contribution < -0.4 is 10.1 Å². The van der Waals surface area contributed by atoms with Crippen molar-refractivity contribution in [3.8, 4) is 5.75 Å². The lowest BCUT2D eigenvalue weighted by Gasteiger charge is -2.32. The molecule has 0 bridgehead atoms. The molecule has 1 fully saturated rings. The second-order valence-corrected chi connectivity index (χ2v) is 5.58. The van der Waals surface area contributed by atoms with E-state index in [4.69, 9.17) is 9.47 Å². The number of hydrogen-bond acceptors (Lipinski definition) is 4. The molecule has 0 unspecified atom stereocenters. The third-order valence-electron chi connectivity index (χ3n) is 4.02. The minimum absolute atomic E-state index is 0.00125. The van der Waals surface area contributed by atoms with E-state index in [0.29, 0.717) is 37.4 Å².